The molecule has 1 saturated heterocycles. The lowest BCUT2D eigenvalue weighted by atomic mass is 10.0. The predicted molar refractivity (Wildman–Crippen MR) is 138 cm³/mol. The van der Waals surface area contributed by atoms with E-state index < -0.39 is 5.97 Å². The van der Waals surface area contributed by atoms with Crippen LogP contribution >= 0.6 is 0 Å². The summed E-state index contributed by atoms with van der Waals surface area (Å²) in [5.74, 6) is -0.638. The summed E-state index contributed by atoms with van der Waals surface area (Å²) >= 11 is 0. The van der Waals surface area contributed by atoms with Gasteiger partial charge >= 0.3 is 0 Å². The molecule has 1 rings (SSSR count). The van der Waals surface area contributed by atoms with Gasteiger partial charge in [-0.05, 0) is 12.8 Å². The SMILES string of the molecule is CC(=O)O.CCCCCCCCCCCCCCCCCC(=O)NC(CC)C1CNCCO1. The predicted octanol–water partition coefficient (Wildman–Crippen LogP) is 6.22. The van der Waals surface area contributed by atoms with Crippen LogP contribution in [0.3, 0.4) is 0 Å². The molecule has 3 N–H and O–H groups in total. The van der Waals surface area contributed by atoms with Gasteiger partial charge in [-0.25, -0.2) is 0 Å². The van der Waals surface area contributed by atoms with Crippen molar-refractivity contribution in [1.29, 1.82) is 0 Å². The number of morpholine rings is 1. The molecule has 0 aromatic carbocycles. The van der Waals surface area contributed by atoms with Crippen molar-refractivity contribution in [1.82, 2.24) is 10.6 Å². The zero-order valence-corrected chi connectivity index (χ0v) is 22.0. The summed E-state index contributed by atoms with van der Waals surface area (Å²) in [5, 5.41) is 13.9. The van der Waals surface area contributed by atoms with Crippen LogP contribution in [-0.2, 0) is 14.3 Å². The molecule has 2 unspecified atom stereocenters. The minimum atomic E-state index is -0.833. The van der Waals surface area contributed by atoms with Crippen molar-refractivity contribution >= 4 is 11.9 Å². The minimum Gasteiger partial charge on any atom is -0.481 e. The maximum Gasteiger partial charge on any atom is 0.300 e. The molecule has 2 atom stereocenters. The summed E-state index contributed by atoms with van der Waals surface area (Å²) in [4.78, 5) is 21.2. The molecule has 0 bridgehead atoms. The second-order valence-electron chi connectivity index (χ2n) is 9.41. The molecule has 6 heteroatoms. The summed E-state index contributed by atoms with van der Waals surface area (Å²) in [6, 6.07) is 0.145. The Morgan fingerprint density at radius 3 is 1.73 bits per heavy atom. The Morgan fingerprint density at radius 1 is 0.879 bits per heavy atom. The highest BCUT2D eigenvalue weighted by atomic mass is 16.5. The fourth-order valence-electron chi connectivity index (χ4n) is 4.24. The quantitative estimate of drug-likeness (QED) is 0.195. The van der Waals surface area contributed by atoms with Crippen LogP contribution in [0.2, 0.25) is 0 Å². The van der Waals surface area contributed by atoms with Crippen molar-refractivity contribution in [3.8, 4) is 0 Å². The summed E-state index contributed by atoms with van der Waals surface area (Å²) < 4.78 is 5.79. The molecule has 0 spiro atoms. The molecule has 0 radical (unpaired) electrons. The van der Waals surface area contributed by atoms with E-state index in [1.807, 2.05) is 0 Å². The highest BCUT2D eigenvalue weighted by molar-refractivity contribution is 5.76. The van der Waals surface area contributed by atoms with E-state index in [1.54, 1.807) is 0 Å². The summed E-state index contributed by atoms with van der Waals surface area (Å²) in [5.41, 5.74) is 0. The van der Waals surface area contributed by atoms with Gasteiger partial charge in [-0.15, -0.1) is 0 Å². The molecule has 1 aliphatic heterocycles. The van der Waals surface area contributed by atoms with E-state index >= 15 is 0 Å². The fraction of sp³-hybridized carbons (Fsp3) is 0.926. The monoisotopic (exact) mass is 470 g/mol. The van der Waals surface area contributed by atoms with E-state index in [9.17, 15) is 4.79 Å². The van der Waals surface area contributed by atoms with Gasteiger partial charge in [-0.1, -0.05) is 104 Å². The van der Waals surface area contributed by atoms with E-state index in [0.29, 0.717) is 6.42 Å². The van der Waals surface area contributed by atoms with Gasteiger partial charge in [0.2, 0.25) is 5.91 Å². The highest BCUT2D eigenvalue weighted by Gasteiger charge is 2.24. The number of amides is 1. The van der Waals surface area contributed by atoms with Gasteiger partial charge in [0.05, 0.1) is 18.8 Å². The third kappa shape index (κ3) is 22.4. The van der Waals surface area contributed by atoms with Crippen LogP contribution < -0.4 is 10.6 Å². The molecule has 1 amide bonds. The number of carbonyl (C=O) groups excluding carboxylic acids is 1. The Kier molecular flexibility index (Phi) is 23.2. The van der Waals surface area contributed by atoms with Gasteiger partial charge in [-0.3, -0.25) is 9.59 Å². The Labute approximate surface area is 204 Å². The lowest BCUT2D eigenvalue weighted by Crippen LogP contribution is -2.51. The van der Waals surface area contributed by atoms with E-state index in [-0.39, 0.29) is 18.1 Å². The van der Waals surface area contributed by atoms with Crippen LogP contribution in [0.1, 0.15) is 130 Å². The Morgan fingerprint density at radius 2 is 1.33 bits per heavy atom. The number of hydrogen-bond acceptors (Lipinski definition) is 4. The van der Waals surface area contributed by atoms with Gasteiger partial charge in [0.25, 0.3) is 5.97 Å². The van der Waals surface area contributed by atoms with Crippen LogP contribution in [0.15, 0.2) is 0 Å². The zero-order valence-electron chi connectivity index (χ0n) is 22.0. The van der Waals surface area contributed by atoms with Crippen molar-refractivity contribution in [2.75, 3.05) is 19.7 Å². The molecule has 6 nitrogen and oxygen atoms in total. The molecule has 1 aliphatic rings. The average molecular weight is 471 g/mol. The molecule has 0 saturated carbocycles. The lowest BCUT2D eigenvalue weighted by molar-refractivity contribution is -0.134. The summed E-state index contributed by atoms with van der Waals surface area (Å²) in [6.07, 6.45) is 22.1. The molecular formula is C27H54N2O4. The maximum absolute atomic E-state index is 12.2. The molecule has 1 heterocycles. The van der Waals surface area contributed by atoms with Crippen LogP contribution in [0.5, 0.6) is 0 Å². The lowest BCUT2D eigenvalue weighted by Gasteiger charge is -2.31. The first-order chi connectivity index (χ1) is 16.0. The third-order valence-corrected chi connectivity index (χ3v) is 6.20. The second kappa shape index (κ2) is 24.0. The Bertz CT molecular complexity index is 449. The van der Waals surface area contributed by atoms with Crippen LogP contribution in [-0.4, -0.2) is 48.8 Å². The largest absolute Gasteiger partial charge is 0.481 e. The normalized spacial score (nSPS) is 16.5. The zero-order chi connectivity index (χ0) is 24.6. The minimum absolute atomic E-state index is 0.124. The van der Waals surface area contributed by atoms with Crippen LogP contribution in [0.4, 0.5) is 0 Å². The van der Waals surface area contributed by atoms with Gasteiger partial charge in [0.1, 0.15) is 0 Å². The van der Waals surface area contributed by atoms with E-state index in [2.05, 4.69) is 24.5 Å². The Balaban J connectivity index is 0.00000235. The van der Waals surface area contributed by atoms with Crippen molar-refractivity contribution in [3.63, 3.8) is 0 Å². The number of unbranched alkanes of at least 4 members (excludes halogenated alkanes) is 14. The second-order valence-corrected chi connectivity index (χ2v) is 9.41. The summed E-state index contributed by atoms with van der Waals surface area (Å²) in [6.45, 7) is 8.00. The number of carbonyl (C=O) groups is 2. The highest BCUT2D eigenvalue weighted by Crippen LogP contribution is 2.14. The van der Waals surface area contributed by atoms with Crippen LogP contribution in [0, 0.1) is 0 Å². The first-order valence-corrected chi connectivity index (χ1v) is 13.8. The summed E-state index contributed by atoms with van der Waals surface area (Å²) in [7, 11) is 0. The topological polar surface area (TPSA) is 87.7 Å². The molecular weight excluding hydrogens is 416 g/mol. The first kappa shape index (κ1) is 31.9. The molecule has 1 fully saturated rings. The maximum atomic E-state index is 12.2. The fourth-order valence-corrected chi connectivity index (χ4v) is 4.24. The molecule has 0 aromatic heterocycles. The van der Waals surface area contributed by atoms with E-state index in [0.717, 1.165) is 39.5 Å². The average Bonchev–Trinajstić information content (AvgIpc) is 2.80. The number of rotatable bonds is 19. The molecule has 0 aliphatic carbocycles. The number of aliphatic carboxylic acids is 1. The Hall–Kier alpha value is -1.14. The number of carboxylic acid groups (broad SMARTS) is 1. The van der Waals surface area contributed by atoms with Crippen molar-refractivity contribution in [2.45, 2.75) is 142 Å². The van der Waals surface area contributed by atoms with E-state index in [1.165, 1.54) is 89.9 Å². The number of carboxylic acids is 1. The van der Waals surface area contributed by atoms with Crippen molar-refractivity contribution < 1.29 is 19.4 Å². The van der Waals surface area contributed by atoms with Gasteiger partial charge in [-0.2, -0.15) is 0 Å². The van der Waals surface area contributed by atoms with Crippen molar-refractivity contribution in [3.05, 3.63) is 0 Å². The molecule has 196 valence electrons. The van der Waals surface area contributed by atoms with Gasteiger partial charge in [0.15, 0.2) is 0 Å². The number of ether oxygens (including phenoxy) is 1. The standard InChI is InChI=1S/C25H50N2O2.C2H4O2/c1-3-5-6-7-8-9-10-11-12-13-14-15-16-17-18-19-25(28)27-23(4-2)24-22-26-20-21-29-24;1-2(3)4/h23-24,26H,3-22H2,1-2H3,(H,27,28);1H3,(H,3,4). The third-order valence-electron chi connectivity index (χ3n) is 6.20. The van der Waals surface area contributed by atoms with E-state index in [4.69, 9.17) is 14.6 Å². The number of hydrogen-bond donors (Lipinski definition) is 3. The van der Waals surface area contributed by atoms with Gasteiger partial charge < -0.3 is 20.5 Å². The van der Waals surface area contributed by atoms with Crippen molar-refractivity contribution in [2.24, 2.45) is 0 Å². The van der Waals surface area contributed by atoms with Crippen LogP contribution in [0.25, 0.3) is 0 Å². The molecule has 0 aromatic rings. The van der Waals surface area contributed by atoms with Gasteiger partial charge in [0, 0.05) is 26.4 Å². The smallest absolute Gasteiger partial charge is 0.300 e. The first-order valence-electron chi connectivity index (χ1n) is 13.8. The molecule has 33 heavy (non-hydrogen) atoms. The number of nitrogens with one attached hydrogen (secondary N) is 2.